The maximum atomic E-state index is 14.0. The van der Waals surface area contributed by atoms with Gasteiger partial charge in [0.05, 0.1) is 44.8 Å². The molecule has 5 aromatic rings. The third-order valence-corrected chi connectivity index (χ3v) is 11.2. The summed E-state index contributed by atoms with van der Waals surface area (Å²) in [5.41, 5.74) is 3.75. The number of aryl methyl sites for hydroxylation is 1. The molecule has 54 heavy (non-hydrogen) atoms. The zero-order chi connectivity index (χ0) is 37.6. The summed E-state index contributed by atoms with van der Waals surface area (Å²) in [6, 6.07) is 13.9. The maximum absolute atomic E-state index is 14.0. The molecule has 3 aromatic heterocycles. The van der Waals surface area contributed by atoms with Crippen molar-refractivity contribution >= 4 is 57.3 Å². The number of hydrogen-bond donors (Lipinski definition) is 3. The molecular weight excluding hydrogens is 742 g/mol. The number of fused-ring (bicyclic) bond motifs is 2. The first kappa shape index (κ1) is 36.6. The molecule has 2 aromatic carbocycles. The summed E-state index contributed by atoms with van der Waals surface area (Å²) in [6.45, 7) is 4.41. The van der Waals surface area contributed by atoms with Gasteiger partial charge in [-0.3, -0.25) is 24.3 Å². The molecule has 2 saturated heterocycles. The number of aliphatic hydroxyl groups excluding tert-OH is 1. The molecule has 0 saturated carbocycles. The van der Waals surface area contributed by atoms with Crippen LogP contribution < -0.4 is 10.6 Å². The van der Waals surface area contributed by atoms with E-state index in [1.165, 1.54) is 19.3 Å². The first-order chi connectivity index (χ1) is 26.0. The lowest BCUT2D eigenvalue weighted by Gasteiger charge is -2.36. The lowest BCUT2D eigenvalue weighted by atomic mass is 9.99. The molecular formula is C38H38Cl2F3N9O2. The van der Waals surface area contributed by atoms with Gasteiger partial charge in [-0.1, -0.05) is 53.9 Å². The minimum atomic E-state index is -4.82. The molecule has 0 radical (unpaired) electrons. The van der Waals surface area contributed by atoms with Gasteiger partial charge in [0, 0.05) is 43.5 Å². The van der Waals surface area contributed by atoms with Gasteiger partial charge in [0.15, 0.2) is 11.5 Å². The fraction of sp³-hybridized carbons (Fsp3) is 0.395. The van der Waals surface area contributed by atoms with Crippen molar-refractivity contribution in [2.45, 2.75) is 69.9 Å². The van der Waals surface area contributed by atoms with Gasteiger partial charge < -0.3 is 15.7 Å². The van der Waals surface area contributed by atoms with E-state index < -0.39 is 18.1 Å². The number of carbonyl (C=O) groups is 1. The van der Waals surface area contributed by atoms with Crippen molar-refractivity contribution in [1.29, 1.82) is 0 Å². The van der Waals surface area contributed by atoms with Crippen LogP contribution in [0.1, 0.15) is 72.1 Å². The number of rotatable bonds is 8. The number of amides is 1. The summed E-state index contributed by atoms with van der Waals surface area (Å²) in [4.78, 5) is 30.1. The molecule has 16 heteroatoms. The second kappa shape index (κ2) is 15.1. The van der Waals surface area contributed by atoms with E-state index in [9.17, 15) is 23.1 Å². The van der Waals surface area contributed by atoms with Gasteiger partial charge in [0.1, 0.15) is 5.52 Å². The first-order valence-electron chi connectivity index (χ1n) is 18.1. The molecule has 0 aliphatic carbocycles. The highest BCUT2D eigenvalue weighted by Crippen LogP contribution is 2.42. The summed E-state index contributed by atoms with van der Waals surface area (Å²) in [5, 5.41) is 20.8. The van der Waals surface area contributed by atoms with Crippen molar-refractivity contribution < 1.29 is 23.1 Å². The number of aromatic nitrogens is 5. The Balaban J connectivity index is 1.05. The fourth-order valence-electron chi connectivity index (χ4n) is 7.73. The highest BCUT2D eigenvalue weighted by Gasteiger charge is 2.36. The number of nitrogens with zero attached hydrogens (tertiary/aromatic N) is 7. The van der Waals surface area contributed by atoms with E-state index in [-0.39, 0.29) is 44.5 Å². The van der Waals surface area contributed by atoms with Gasteiger partial charge in [0.25, 0.3) is 5.91 Å². The van der Waals surface area contributed by atoms with Crippen LogP contribution in [-0.4, -0.2) is 77.8 Å². The van der Waals surface area contributed by atoms with Crippen LogP contribution in [0.5, 0.6) is 0 Å². The number of pyridine rings is 1. The largest absolute Gasteiger partial charge is 0.451 e. The Hall–Kier alpha value is -4.34. The number of hydrogen-bond acceptors (Lipinski definition) is 9. The van der Waals surface area contributed by atoms with Crippen LogP contribution in [0.15, 0.2) is 54.7 Å². The molecule has 6 heterocycles. The maximum Gasteiger partial charge on any atom is 0.451 e. The van der Waals surface area contributed by atoms with Crippen molar-refractivity contribution in [2.24, 2.45) is 0 Å². The van der Waals surface area contributed by atoms with Crippen LogP contribution in [0, 0.1) is 0 Å². The lowest BCUT2D eigenvalue weighted by molar-refractivity contribution is -0.144. The molecule has 0 unspecified atom stereocenters. The van der Waals surface area contributed by atoms with E-state index in [1.807, 2.05) is 15.6 Å². The minimum absolute atomic E-state index is 0.0106. The molecule has 2 atom stereocenters. The second-order valence-electron chi connectivity index (χ2n) is 14.1. The Morgan fingerprint density at radius 2 is 1.65 bits per heavy atom. The van der Waals surface area contributed by atoms with Gasteiger partial charge in [-0.15, -0.1) is 0 Å². The number of anilines is 3. The van der Waals surface area contributed by atoms with Crippen LogP contribution in [0.4, 0.5) is 30.4 Å². The predicted octanol–water partition coefficient (Wildman–Crippen LogP) is 8.10. The number of carbonyl (C=O) groups excluding carboxylic acids is 1. The van der Waals surface area contributed by atoms with Crippen LogP contribution in [0.2, 0.25) is 10.0 Å². The van der Waals surface area contributed by atoms with Crippen molar-refractivity contribution in [3.05, 3.63) is 87.5 Å². The molecule has 3 N–H and O–H groups in total. The smallest absolute Gasteiger partial charge is 0.392 e. The Morgan fingerprint density at radius 3 is 2.37 bits per heavy atom. The number of β-amino-alcohol motifs (C(OH)–C–C–N with tert-alkyl or cyclic N) is 1. The highest BCUT2D eigenvalue weighted by molar-refractivity contribution is 6.39. The topological polar surface area (TPSA) is 124 Å². The van der Waals surface area contributed by atoms with Crippen LogP contribution in [-0.2, 0) is 19.3 Å². The molecule has 11 nitrogen and oxygen atoms in total. The quantitative estimate of drug-likeness (QED) is 0.143. The molecule has 3 aliphatic rings. The van der Waals surface area contributed by atoms with Gasteiger partial charge in [-0.25, -0.2) is 9.97 Å². The zero-order valence-electron chi connectivity index (χ0n) is 29.2. The van der Waals surface area contributed by atoms with Gasteiger partial charge in [-0.05, 0) is 75.0 Å². The van der Waals surface area contributed by atoms with Crippen molar-refractivity contribution in [3.63, 3.8) is 0 Å². The van der Waals surface area contributed by atoms with Gasteiger partial charge in [-0.2, -0.15) is 18.3 Å². The van der Waals surface area contributed by atoms with Crippen molar-refractivity contribution in [3.8, 4) is 11.1 Å². The molecule has 0 spiro atoms. The number of aliphatic hydroxyl groups is 1. The normalized spacial score (nSPS) is 19.6. The van der Waals surface area contributed by atoms with E-state index in [0.29, 0.717) is 54.1 Å². The SMILES string of the molecule is O=C(Nc1cccc(-c2cccc(Nc3nc(C(F)(F)F)nc4cc(CN5CC[C@@H](O)C5)cnc34)c2Cl)c1Cl)c1cc2n(n1)CCC[C@H]2N1CCCCC1. The van der Waals surface area contributed by atoms with Crippen LogP contribution in [0.3, 0.4) is 0 Å². The zero-order valence-corrected chi connectivity index (χ0v) is 30.7. The average molecular weight is 781 g/mol. The average Bonchev–Trinajstić information content (AvgIpc) is 3.79. The summed E-state index contributed by atoms with van der Waals surface area (Å²) in [6.07, 6.45) is 2.57. The van der Waals surface area contributed by atoms with E-state index in [4.69, 9.17) is 23.2 Å². The molecule has 0 bridgehead atoms. The van der Waals surface area contributed by atoms with E-state index in [0.717, 1.165) is 38.2 Å². The monoisotopic (exact) mass is 779 g/mol. The summed E-state index contributed by atoms with van der Waals surface area (Å²) in [5.74, 6) is -1.89. The third-order valence-electron chi connectivity index (χ3n) is 10.4. The predicted molar refractivity (Wildman–Crippen MR) is 201 cm³/mol. The molecule has 282 valence electrons. The number of likely N-dealkylation sites (tertiary alicyclic amines) is 2. The Morgan fingerprint density at radius 1 is 0.907 bits per heavy atom. The summed E-state index contributed by atoms with van der Waals surface area (Å²) < 4.78 is 44.0. The number of halogens is 5. The van der Waals surface area contributed by atoms with Gasteiger partial charge >= 0.3 is 6.18 Å². The van der Waals surface area contributed by atoms with Crippen LogP contribution in [0.25, 0.3) is 22.2 Å². The Kier molecular flexibility index (Phi) is 10.2. The van der Waals surface area contributed by atoms with Crippen LogP contribution >= 0.6 is 23.2 Å². The van der Waals surface area contributed by atoms with Crippen molar-refractivity contribution in [2.75, 3.05) is 36.8 Å². The summed E-state index contributed by atoms with van der Waals surface area (Å²) >= 11 is 13.8. The number of alkyl halides is 3. The molecule has 3 aliphatic heterocycles. The van der Waals surface area contributed by atoms with Gasteiger partial charge in [0.2, 0.25) is 5.82 Å². The number of nitrogens with one attached hydrogen (secondary N) is 2. The van der Waals surface area contributed by atoms with Crippen molar-refractivity contribution in [1.82, 2.24) is 34.5 Å². The first-order valence-corrected chi connectivity index (χ1v) is 18.9. The Bertz CT molecular complexity index is 2210. The molecule has 2 fully saturated rings. The van der Waals surface area contributed by atoms with E-state index in [2.05, 4.69) is 35.6 Å². The molecule has 8 rings (SSSR count). The number of piperidine rings is 1. The molecule has 1 amide bonds. The lowest BCUT2D eigenvalue weighted by Crippen LogP contribution is -2.36. The number of benzene rings is 2. The Labute approximate surface area is 319 Å². The third kappa shape index (κ3) is 7.50. The standard InChI is InChI=1S/C38H38Cl2F3N9O2/c39-32-24(25-8-5-10-27(33(25)40)46-36(54)29-18-31-30(11-6-15-52(31)49-29)51-13-2-1-3-14-51)7-4-9-26(32)45-35-34-28(47-37(48-35)38(41,42)43)17-22(19-44-34)20-50-16-12-23(53)21-50/h4-5,7-10,17-19,23,30,53H,1-3,6,11-16,20-21H2,(H,46,54)(H,45,47,48)/t23-,30-/m1/s1. The second-order valence-corrected chi connectivity index (χ2v) is 14.9. The fourth-order valence-corrected chi connectivity index (χ4v) is 8.28. The highest BCUT2D eigenvalue weighted by atomic mass is 35.5. The van der Waals surface area contributed by atoms with E-state index in [1.54, 1.807) is 48.7 Å². The minimum Gasteiger partial charge on any atom is -0.392 e. The van der Waals surface area contributed by atoms with E-state index >= 15 is 0 Å². The summed E-state index contributed by atoms with van der Waals surface area (Å²) in [7, 11) is 0.